The van der Waals surface area contributed by atoms with Gasteiger partial charge in [0.05, 0.1) is 31.0 Å². The number of imidazole rings is 1. The number of H-pyrrole nitrogens is 1. The van der Waals surface area contributed by atoms with E-state index in [9.17, 15) is 8.78 Å². The molecule has 0 radical (unpaired) electrons. The normalized spacial score (nSPS) is 11.2. The van der Waals surface area contributed by atoms with Crippen LogP contribution in [0.4, 0.5) is 8.78 Å². The van der Waals surface area contributed by atoms with E-state index in [2.05, 4.69) is 24.8 Å². The third-order valence-electron chi connectivity index (χ3n) is 4.11. The molecule has 30 heavy (non-hydrogen) atoms. The summed E-state index contributed by atoms with van der Waals surface area (Å²) in [7, 11) is 2.97. The second-order valence-corrected chi connectivity index (χ2v) is 6.93. The van der Waals surface area contributed by atoms with Crippen LogP contribution in [0.2, 0.25) is 0 Å². The van der Waals surface area contributed by atoms with Crippen molar-refractivity contribution in [3.8, 4) is 28.6 Å². The summed E-state index contributed by atoms with van der Waals surface area (Å²) in [6.45, 7) is -2.95. The molecule has 4 aromatic rings. The Bertz CT molecular complexity index is 1160. The van der Waals surface area contributed by atoms with Crippen LogP contribution < -0.4 is 14.2 Å². The van der Waals surface area contributed by atoms with Crippen LogP contribution in [0.15, 0.2) is 46.1 Å². The second-order valence-electron chi connectivity index (χ2n) is 5.97. The van der Waals surface area contributed by atoms with Crippen molar-refractivity contribution in [2.24, 2.45) is 0 Å². The van der Waals surface area contributed by atoms with Crippen LogP contribution in [-0.2, 0) is 5.75 Å². The van der Waals surface area contributed by atoms with E-state index in [0.717, 1.165) is 16.8 Å². The van der Waals surface area contributed by atoms with Crippen LogP contribution in [0.1, 0.15) is 5.89 Å². The highest BCUT2D eigenvalue weighted by Gasteiger charge is 2.15. The number of methoxy groups -OCH3 is 2. The maximum absolute atomic E-state index is 12.5. The zero-order valence-corrected chi connectivity index (χ0v) is 16.7. The third-order valence-corrected chi connectivity index (χ3v) is 4.96. The zero-order chi connectivity index (χ0) is 21.1. The predicted octanol–water partition coefficient (Wildman–Crippen LogP) is 4.52. The molecular formula is C19H16F2N4O4S. The van der Waals surface area contributed by atoms with Crippen LogP contribution in [0, 0.1) is 0 Å². The fourth-order valence-electron chi connectivity index (χ4n) is 2.72. The summed E-state index contributed by atoms with van der Waals surface area (Å²) in [5, 5.41) is 4.64. The number of thioether (sulfide) groups is 1. The monoisotopic (exact) mass is 434 g/mol. The molecule has 2 heterocycles. The standard InChI is InChI=1S/C19H16F2N4O4S/c1-26-11-4-5-12-13(8-11)23-19(22-12)30-9-16-24-17(25-29-16)10-3-6-14(28-18(20)21)15(7-10)27-2/h3-8,18H,9H2,1-2H3,(H,22,23). The first-order chi connectivity index (χ1) is 14.6. The zero-order valence-electron chi connectivity index (χ0n) is 15.9. The number of hydrogen-bond acceptors (Lipinski definition) is 8. The van der Waals surface area contributed by atoms with E-state index >= 15 is 0 Å². The van der Waals surface area contributed by atoms with Crippen LogP contribution >= 0.6 is 11.8 Å². The summed E-state index contributed by atoms with van der Waals surface area (Å²) in [5.41, 5.74) is 2.23. The van der Waals surface area contributed by atoms with E-state index < -0.39 is 6.61 Å². The largest absolute Gasteiger partial charge is 0.497 e. The van der Waals surface area contributed by atoms with Gasteiger partial charge in [-0.2, -0.15) is 13.8 Å². The molecule has 0 fully saturated rings. The molecule has 0 aliphatic rings. The molecule has 0 amide bonds. The van der Waals surface area contributed by atoms with Crippen LogP contribution in [0.3, 0.4) is 0 Å². The van der Waals surface area contributed by atoms with Crippen molar-refractivity contribution in [2.75, 3.05) is 14.2 Å². The molecule has 1 N–H and O–H groups in total. The lowest BCUT2D eigenvalue weighted by atomic mass is 10.2. The molecule has 11 heteroatoms. The maximum atomic E-state index is 12.5. The van der Waals surface area contributed by atoms with Gasteiger partial charge >= 0.3 is 6.61 Å². The molecule has 0 bridgehead atoms. The number of nitrogens with one attached hydrogen (secondary N) is 1. The average molecular weight is 434 g/mol. The number of hydrogen-bond donors (Lipinski definition) is 1. The molecule has 4 rings (SSSR count). The van der Waals surface area contributed by atoms with Gasteiger partial charge in [0, 0.05) is 11.6 Å². The van der Waals surface area contributed by atoms with Gasteiger partial charge in [0.2, 0.25) is 11.7 Å². The number of ether oxygens (including phenoxy) is 3. The first kappa shape index (κ1) is 20.0. The lowest BCUT2D eigenvalue weighted by Gasteiger charge is -2.10. The Morgan fingerprint density at radius 2 is 1.93 bits per heavy atom. The van der Waals surface area contributed by atoms with Crippen molar-refractivity contribution < 1.29 is 27.5 Å². The number of alkyl halides is 2. The Morgan fingerprint density at radius 1 is 1.07 bits per heavy atom. The molecule has 0 aliphatic heterocycles. The van der Waals surface area contributed by atoms with E-state index in [1.165, 1.54) is 31.0 Å². The first-order valence-electron chi connectivity index (χ1n) is 8.68. The van der Waals surface area contributed by atoms with Crippen molar-refractivity contribution in [1.82, 2.24) is 20.1 Å². The van der Waals surface area contributed by atoms with Gasteiger partial charge in [-0.3, -0.25) is 0 Å². The van der Waals surface area contributed by atoms with Crippen LogP contribution in [0.5, 0.6) is 17.2 Å². The van der Waals surface area contributed by atoms with Gasteiger partial charge in [0.15, 0.2) is 16.7 Å². The van der Waals surface area contributed by atoms with Gasteiger partial charge < -0.3 is 23.7 Å². The van der Waals surface area contributed by atoms with Crippen molar-refractivity contribution in [3.05, 3.63) is 42.3 Å². The highest BCUT2D eigenvalue weighted by molar-refractivity contribution is 7.98. The topological polar surface area (TPSA) is 95.3 Å². The summed E-state index contributed by atoms with van der Waals surface area (Å²) < 4.78 is 44.9. The number of benzene rings is 2. The molecule has 0 saturated heterocycles. The summed E-state index contributed by atoms with van der Waals surface area (Å²) in [6, 6.07) is 10.0. The minimum atomic E-state index is -2.95. The fourth-order valence-corrected chi connectivity index (χ4v) is 3.44. The lowest BCUT2D eigenvalue weighted by molar-refractivity contribution is -0.0512. The number of nitrogens with zero attached hydrogens (tertiary/aromatic N) is 3. The molecule has 2 aromatic carbocycles. The van der Waals surface area contributed by atoms with E-state index in [1.807, 2.05) is 18.2 Å². The van der Waals surface area contributed by atoms with Gasteiger partial charge in [0.25, 0.3) is 0 Å². The Hall–Kier alpha value is -3.34. The molecule has 0 unspecified atom stereocenters. The van der Waals surface area contributed by atoms with Gasteiger partial charge in [0.1, 0.15) is 5.75 Å². The highest BCUT2D eigenvalue weighted by atomic mass is 32.2. The fraction of sp³-hybridized carbons (Fsp3) is 0.211. The van der Waals surface area contributed by atoms with Crippen LogP contribution in [-0.4, -0.2) is 40.9 Å². The molecule has 0 aliphatic carbocycles. The third kappa shape index (κ3) is 4.30. The molecular weight excluding hydrogens is 418 g/mol. The summed E-state index contributed by atoms with van der Waals surface area (Å²) in [6.07, 6.45) is 0. The summed E-state index contributed by atoms with van der Waals surface area (Å²) in [5.74, 6) is 1.91. The molecule has 8 nitrogen and oxygen atoms in total. The summed E-state index contributed by atoms with van der Waals surface area (Å²) in [4.78, 5) is 12.0. The molecule has 0 saturated carbocycles. The van der Waals surface area contributed by atoms with E-state index in [-0.39, 0.29) is 11.5 Å². The van der Waals surface area contributed by atoms with E-state index in [4.69, 9.17) is 14.0 Å². The Balaban J connectivity index is 1.46. The van der Waals surface area contributed by atoms with Crippen molar-refractivity contribution in [3.63, 3.8) is 0 Å². The minimum absolute atomic E-state index is 0.0722. The van der Waals surface area contributed by atoms with Crippen molar-refractivity contribution in [1.29, 1.82) is 0 Å². The van der Waals surface area contributed by atoms with E-state index in [0.29, 0.717) is 28.2 Å². The minimum Gasteiger partial charge on any atom is -0.497 e. The van der Waals surface area contributed by atoms with Gasteiger partial charge in [-0.1, -0.05) is 16.9 Å². The molecule has 0 atom stereocenters. The first-order valence-corrected chi connectivity index (χ1v) is 9.66. The van der Waals surface area contributed by atoms with Crippen molar-refractivity contribution in [2.45, 2.75) is 17.5 Å². The smallest absolute Gasteiger partial charge is 0.387 e. The number of rotatable bonds is 8. The average Bonchev–Trinajstić information content (AvgIpc) is 3.38. The highest BCUT2D eigenvalue weighted by Crippen LogP contribution is 2.33. The van der Waals surface area contributed by atoms with Crippen LogP contribution in [0.25, 0.3) is 22.4 Å². The number of aromatic amines is 1. The number of fused-ring (bicyclic) bond motifs is 1. The molecule has 0 spiro atoms. The molecule has 2 aromatic heterocycles. The molecule has 156 valence electrons. The predicted molar refractivity (Wildman–Crippen MR) is 105 cm³/mol. The Kier molecular flexibility index (Phi) is 5.70. The number of aromatic nitrogens is 4. The SMILES string of the molecule is COc1ccc2nc(SCc3nc(-c4ccc(OC(F)F)c(OC)c4)no3)[nH]c2c1. The van der Waals surface area contributed by atoms with Crippen molar-refractivity contribution >= 4 is 22.8 Å². The Morgan fingerprint density at radius 3 is 2.70 bits per heavy atom. The second kappa shape index (κ2) is 8.57. The quantitative estimate of drug-likeness (QED) is 0.405. The maximum Gasteiger partial charge on any atom is 0.387 e. The van der Waals surface area contributed by atoms with E-state index in [1.54, 1.807) is 13.2 Å². The number of halogens is 2. The Labute approximate surface area is 173 Å². The van der Waals surface area contributed by atoms with Gasteiger partial charge in [-0.15, -0.1) is 0 Å². The van der Waals surface area contributed by atoms with Gasteiger partial charge in [-0.25, -0.2) is 4.98 Å². The summed E-state index contributed by atoms with van der Waals surface area (Å²) >= 11 is 1.41. The van der Waals surface area contributed by atoms with Gasteiger partial charge in [-0.05, 0) is 30.3 Å². The lowest BCUT2D eigenvalue weighted by Crippen LogP contribution is -2.03.